The maximum atomic E-state index is 12.6. The lowest BCUT2D eigenvalue weighted by Gasteiger charge is -2.26. The van der Waals surface area contributed by atoms with Crippen LogP contribution in [0.5, 0.6) is 0 Å². The van der Waals surface area contributed by atoms with Crippen molar-refractivity contribution in [2.24, 2.45) is 23.7 Å². The topological polar surface area (TPSA) is 40.5 Å². The number of carbonyl (C=O) groups is 1. The molecule has 1 aromatic rings. The van der Waals surface area contributed by atoms with Gasteiger partial charge in [0.2, 0.25) is 5.91 Å². The molecule has 94 valence electrons. The highest BCUT2D eigenvalue weighted by Gasteiger charge is 2.60. The Morgan fingerprint density at radius 2 is 1.83 bits per heavy atom. The van der Waals surface area contributed by atoms with Crippen LogP contribution in [0, 0.1) is 23.7 Å². The molecule has 2 aliphatic carbocycles. The number of amides is 1. The Morgan fingerprint density at radius 1 is 1.11 bits per heavy atom. The van der Waals surface area contributed by atoms with Crippen LogP contribution >= 0.6 is 0 Å². The average molecular weight is 243 g/mol. The van der Waals surface area contributed by atoms with Gasteiger partial charge >= 0.3 is 0 Å². The maximum absolute atomic E-state index is 12.6. The van der Waals surface area contributed by atoms with Crippen LogP contribution in [0.3, 0.4) is 0 Å². The van der Waals surface area contributed by atoms with Crippen LogP contribution in [0.4, 0.5) is 5.69 Å². The summed E-state index contributed by atoms with van der Waals surface area (Å²) in [7, 11) is 0. The molecule has 3 nitrogen and oxygen atoms in total. The standard InChI is InChI=1S/C15H17NO2/c17-14-12-9-6-7-10(8-9)13(12)15(18)16(14)11-4-2-1-3-5-11/h1-5,9-10,12-14,17H,6-8H2/t9-,10+,12-,13+,14+/m1/s1. The Labute approximate surface area is 106 Å². The molecule has 18 heavy (non-hydrogen) atoms. The summed E-state index contributed by atoms with van der Waals surface area (Å²) in [6, 6.07) is 9.57. The van der Waals surface area contributed by atoms with Gasteiger partial charge in [-0.2, -0.15) is 0 Å². The van der Waals surface area contributed by atoms with Crippen molar-refractivity contribution in [3.8, 4) is 0 Å². The number of para-hydroxylation sites is 1. The molecule has 1 heterocycles. The van der Waals surface area contributed by atoms with Crippen LogP contribution in [0.2, 0.25) is 0 Å². The first-order chi connectivity index (χ1) is 8.77. The van der Waals surface area contributed by atoms with E-state index in [0.29, 0.717) is 11.8 Å². The van der Waals surface area contributed by atoms with E-state index in [4.69, 9.17) is 0 Å². The first-order valence-corrected chi connectivity index (χ1v) is 6.83. The van der Waals surface area contributed by atoms with Crippen molar-refractivity contribution in [3.05, 3.63) is 30.3 Å². The number of rotatable bonds is 1. The summed E-state index contributed by atoms with van der Waals surface area (Å²) >= 11 is 0. The maximum Gasteiger partial charge on any atom is 0.232 e. The molecule has 0 unspecified atom stereocenters. The molecule has 3 heteroatoms. The van der Waals surface area contributed by atoms with Gasteiger partial charge in [-0.3, -0.25) is 9.69 Å². The second-order valence-electron chi connectivity index (χ2n) is 5.89. The third-order valence-corrected chi connectivity index (χ3v) is 5.15. The zero-order valence-electron chi connectivity index (χ0n) is 10.2. The quantitative estimate of drug-likeness (QED) is 0.819. The summed E-state index contributed by atoms with van der Waals surface area (Å²) in [6.07, 6.45) is 2.91. The highest BCUT2D eigenvalue weighted by atomic mass is 16.3. The van der Waals surface area contributed by atoms with Gasteiger partial charge in [0.1, 0.15) is 6.23 Å². The average Bonchev–Trinajstić information content (AvgIpc) is 3.05. The monoisotopic (exact) mass is 243 g/mol. The summed E-state index contributed by atoms with van der Waals surface area (Å²) in [5.41, 5.74) is 0.837. The highest BCUT2D eigenvalue weighted by molar-refractivity contribution is 5.98. The molecule has 1 aromatic carbocycles. The molecule has 1 amide bonds. The Balaban J connectivity index is 1.73. The Bertz CT molecular complexity index is 487. The SMILES string of the molecule is O=C1[C@H]2[C@H]3CC[C@H](C3)[C@H]2[C@H](O)N1c1ccccc1. The lowest BCUT2D eigenvalue weighted by Crippen LogP contribution is -2.36. The number of anilines is 1. The molecule has 1 saturated heterocycles. The second-order valence-corrected chi connectivity index (χ2v) is 5.89. The molecule has 1 aliphatic heterocycles. The van der Waals surface area contributed by atoms with Crippen molar-refractivity contribution < 1.29 is 9.90 Å². The van der Waals surface area contributed by atoms with E-state index in [1.165, 1.54) is 12.8 Å². The smallest absolute Gasteiger partial charge is 0.232 e. The predicted molar refractivity (Wildman–Crippen MR) is 67.7 cm³/mol. The Morgan fingerprint density at radius 3 is 2.56 bits per heavy atom. The second kappa shape index (κ2) is 3.58. The van der Waals surface area contributed by atoms with Crippen LogP contribution in [0.25, 0.3) is 0 Å². The van der Waals surface area contributed by atoms with E-state index in [9.17, 15) is 9.90 Å². The van der Waals surface area contributed by atoms with Crippen LogP contribution in [-0.4, -0.2) is 17.2 Å². The number of nitrogens with zero attached hydrogens (tertiary/aromatic N) is 1. The first-order valence-electron chi connectivity index (χ1n) is 6.83. The molecular formula is C15H17NO2. The van der Waals surface area contributed by atoms with Gasteiger partial charge in [-0.15, -0.1) is 0 Å². The fraction of sp³-hybridized carbons (Fsp3) is 0.533. The van der Waals surface area contributed by atoms with E-state index >= 15 is 0 Å². The molecule has 0 aromatic heterocycles. The largest absolute Gasteiger partial charge is 0.373 e. The molecule has 3 aliphatic rings. The summed E-state index contributed by atoms with van der Waals surface area (Å²) < 4.78 is 0. The van der Waals surface area contributed by atoms with Gasteiger partial charge in [0.25, 0.3) is 0 Å². The number of fused-ring (bicyclic) bond motifs is 5. The van der Waals surface area contributed by atoms with Crippen molar-refractivity contribution in [2.75, 3.05) is 4.90 Å². The first kappa shape index (κ1) is 10.6. The van der Waals surface area contributed by atoms with Gasteiger partial charge in [0.05, 0.1) is 0 Å². The van der Waals surface area contributed by atoms with Crippen molar-refractivity contribution in [3.63, 3.8) is 0 Å². The van der Waals surface area contributed by atoms with Crippen LogP contribution < -0.4 is 4.90 Å². The van der Waals surface area contributed by atoms with Crippen LogP contribution in [0.15, 0.2) is 30.3 Å². The zero-order valence-corrected chi connectivity index (χ0v) is 10.2. The lowest BCUT2D eigenvalue weighted by atomic mass is 9.81. The minimum absolute atomic E-state index is 0.0824. The van der Waals surface area contributed by atoms with Crippen molar-refractivity contribution in [2.45, 2.75) is 25.5 Å². The minimum Gasteiger partial charge on any atom is -0.373 e. The number of hydrogen-bond acceptors (Lipinski definition) is 2. The van der Waals surface area contributed by atoms with E-state index in [1.54, 1.807) is 4.90 Å². The minimum atomic E-state index is -0.611. The number of hydrogen-bond donors (Lipinski definition) is 1. The van der Waals surface area contributed by atoms with Gasteiger partial charge in [-0.05, 0) is 43.2 Å². The van der Waals surface area contributed by atoms with Crippen molar-refractivity contribution in [1.82, 2.24) is 0 Å². The summed E-state index contributed by atoms with van der Waals surface area (Å²) in [6.45, 7) is 0. The number of aliphatic hydroxyl groups is 1. The third-order valence-electron chi connectivity index (χ3n) is 5.15. The predicted octanol–water partition coefficient (Wildman–Crippen LogP) is 2.01. The molecule has 3 fully saturated rings. The molecule has 5 atom stereocenters. The van der Waals surface area contributed by atoms with Gasteiger partial charge in [0.15, 0.2) is 0 Å². The van der Waals surface area contributed by atoms with Gasteiger partial charge < -0.3 is 5.11 Å². The van der Waals surface area contributed by atoms with Crippen LogP contribution in [0.1, 0.15) is 19.3 Å². The Kier molecular flexibility index (Phi) is 2.10. The molecule has 0 spiro atoms. The van der Waals surface area contributed by atoms with E-state index in [1.807, 2.05) is 30.3 Å². The summed E-state index contributed by atoms with van der Waals surface area (Å²) in [4.78, 5) is 14.2. The van der Waals surface area contributed by atoms with Crippen molar-refractivity contribution in [1.29, 1.82) is 0 Å². The van der Waals surface area contributed by atoms with Gasteiger partial charge in [-0.25, -0.2) is 0 Å². The third kappa shape index (κ3) is 1.20. The molecule has 0 radical (unpaired) electrons. The number of benzene rings is 1. The molecule has 2 saturated carbocycles. The lowest BCUT2D eigenvalue weighted by molar-refractivity contribution is -0.122. The highest BCUT2D eigenvalue weighted by Crippen LogP contribution is 2.57. The van der Waals surface area contributed by atoms with E-state index in [-0.39, 0.29) is 17.7 Å². The van der Waals surface area contributed by atoms with Crippen molar-refractivity contribution >= 4 is 11.6 Å². The molecular weight excluding hydrogens is 226 g/mol. The Hall–Kier alpha value is -1.35. The molecule has 2 bridgehead atoms. The van der Waals surface area contributed by atoms with Gasteiger partial charge in [-0.1, -0.05) is 18.2 Å². The van der Waals surface area contributed by atoms with Gasteiger partial charge in [0, 0.05) is 17.5 Å². The molecule has 1 N–H and O–H groups in total. The fourth-order valence-corrected chi connectivity index (χ4v) is 4.46. The molecule has 4 rings (SSSR count). The van der Waals surface area contributed by atoms with E-state index < -0.39 is 6.23 Å². The summed E-state index contributed by atoms with van der Waals surface area (Å²) in [5, 5.41) is 10.5. The normalized spacial score (nSPS) is 41.5. The van der Waals surface area contributed by atoms with E-state index in [2.05, 4.69) is 0 Å². The zero-order chi connectivity index (χ0) is 12.3. The number of aliphatic hydroxyl groups excluding tert-OH is 1. The van der Waals surface area contributed by atoms with Crippen LogP contribution in [-0.2, 0) is 4.79 Å². The summed E-state index contributed by atoms with van der Waals surface area (Å²) in [5.74, 6) is 1.49. The fourth-order valence-electron chi connectivity index (χ4n) is 4.46. The number of carbonyl (C=O) groups excluding carboxylic acids is 1. The van der Waals surface area contributed by atoms with E-state index in [0.717, 1.165) is 12.1 Å².